The van der Waals surface area contributed by atoms with Crippen LogP contribution in [0, 0.1) is 0 Å². The average molecular weight is 298 g/mol. The highest BCUT2D eigenvalue weighted by Crippen LogP contribution is 2.27. The lowest BCUT2D eigenvalue weighted by Gasteiger charge is -2.24. The first kappa shape index (κ1) is 15.1. The van der Waals surface area contributed by atoms with Crippen molar-refractivity contribution >= 4 is 23.3 Å². The summed E-state index contributed by atoms with van der Waals surface area (Å²) in [5, 5.41) is 3.74. The Morgan fingerprint density at radius 2 is 2.25 bits per heavy atom. The number of anilines is 1. The number of carbonyl (C=O) groups is 1. The molecule has 0 aliphatic carbocycles. The molecule has 0 radical (unpaired) electrons. The lowest BCUT2D eigenvalue weighted by molar-refractivity contribution is -0.147. The molecule has 1 aromatic carbocycles. The van der Waals surface area contributed by atoms with Crippen LogP contribution in [-0.4, -0.2) is 30.8 Å². The van der Waals surface area contributed by atoms with Gasteiger partial charge in [-0.25, -0.2) is 4.79 Å². The van der Waals surface area contributed by atoms with Crippen molar-refractivity contribution in [2.24, 2.45) is 0 Å². The minimum absolute atomic E-state index is 0.171. The van der Waals surface area contributed by atoms with Crippen LogP contribution in [0.15, 0.2) is 24.3 Å². The topological polar surface area (TPSA) is 47.6 Å². The van der Waals surface area contributed by atoms with Gasteiger partial charge in [-0.3, -0.25) is 0 Å². The molecule has 1 aromatic rings. The summed E-state index contributed by atoms with van der Waals surface area (Å²) in [4.78, 5) is 12.1. The first-order chi connectivity index (χ1) is 9.61. The van der Waals surface area contributed by atoms with E-state index in [0.717, 1.165) is 18.5 Å². The van der Waals surface area contributed by atoms with E-state index in [9.17, 15) is 4.79 Å². The van der Waals surface area contributed by atoms with E-state index in [2.05, 4.69) is 5.32 Å². The third-order valence-corrected chi connectivity index (χ3v) is 3.69. The molecule has 1 saturated heterocycles. The molecule has 2 rings (SSSR count). The van der Waals surface area contributed by atoms with Gasteiger partial charge in [-0.2, -0.15) is 0 Å². The van der Waals surface area contributed by atoms with Crippen molar-refractivity contribution in [2.45, 2.75) is 44.9 Å². The van der Waals surface area contributed by atoms with E-state index in [1.807, 2.05) is 25.1 Å². The predicted octanol–water partition coefficient (Wildman–Crippen LogP) is 3.25. The highest BCUT2D eigenvalue weighted by atomic mass is 35.5. The molecule has 1 aliphatic heterocycles. The van der Waals surface area contributed by atoms with Gasteiger partial charge >= 0.3 is 5.97 Å². The molecule has 20 heavy (non-hydrogen) atoms. The highest BCUT2D eigenvalue weighted by Gasteiger charge is 2.35. The summed E-state index contributed by atoms with van der Waals surface area (Å²) in [6, 6.07) is 6.81. The molecule has 1 fully saturated rings. The number of nitrogens with one attached hydrogen (secondary N) is 1. The van der Waals surface area contributed by atoms with E-state index in [4.69, 9.17) is 21.1 Å². The number of hydrogen-bond donors (Lipinski definition) is 1. The van der Waals surface area contributed by atoms with Gasteiger partial charge in [0.25, 0.3) is 0 Å². The second-order valence-corrected chi connectivity index (χ2v) is 5.32. The Labute approximate surface area is 124 Å². The molecule has 1 heterocycles. The summed E-state index contributed by atoms with van der Waals surface area (Å²) in [7, 11) is 0. The van der Waals surface area contributed by atoms with Crippen molar-refractivity contribution in [1.29, 1.82) is 0 Å². The van der Waals surface area contributed by atoms with Gasteiger partial charge in [-0.1, -0.05) is 23.7 Å². The molecule has 0 amide bonds. The maximum absolute atomic E-state index is 12.1. The molecule has 0 bridgehead atoms. The first-order valence-corrected chi connectivity index (χ1v) is 7.32. The summed E-state index contributed by atoms with van der Waals surface area (Å²) < 4.78 is 10.9. The molecule has 3 atom stereocenters. The quantitative estimate of drug-likeness (QED) is 0.848. The van der Waals surface area contributed by atoms with Crippen LogP contribution in [0.1, 0.15) is 26.7 Å². The van der Waals surface area contributed by atoms with Crippen molar-refractivity contribution in [3.8, 4) is 0 Å². The monoisotopic (exact) mass is 297 g/mol. The van der Waals surface area contributed by atoms with Crippen LogP contribution in [0.2, 0.25) is 5.02 Å². The molecule has 0 aromatic heterocycles. The van der Waals surface area contributed by atoms with Crippen LogP contribution in [0.4, 0.5) is 5.69 Å². The minimum atomic E-state index is -0.528. The van der Waals surface area contributed by atoms with E-state index in [-0.39, 0.29) is 18.2 Å². The minimum Gasteiger partial charge on any atom is -0.464 e. The number of carbonyl (C=O) groups excluding carboxylic acids is 1. The van der Waals surface area contributed by atoms with Crippen molar-refractivity contribution in [2.75, 3.05) is 11.9 Å². The van der Waals surface area contributed by atoms with Crippen LogP contribution in [0.5, 0.6) is 0 Å². The highest BCUT2D eigenvalue weighted by molar-refractivity contribution is 6.33. The maximum Gasteiger partial charge on any atom is 0.331 e. The Hall–Kier alpha value is -1.26. The zero-order chi connectivity index (χ0) is 14.5. The number of esters is 1. The van der Waals surface area contributed by atoms with E-state index in [0.29, 0.717) is 11.6 Å². The summed E-state index contributed by atoms with van der Waals surface area (Å²) in [6.07, 6.45) is 1.78. The van der Waals surface area contributed by atoms with Crippen molar-refractivity contribution < 1.29 is 14.3 Å². The smallest absolute Gasteiger partial charge is 0.331 e. The number of para-hydroxylation sites is 1. The fourth-order valence-corrected chi connectivity index (χ4v) is 2.55. The van der Waals surface area contributed by atoms with Crippen LogP contribution < -0.4 is 5.32 Å². The van der Waals surface area contributed by atoms with E-state index in [1.165, 1.54) is 0 Å². The molecular formula is C15H20ClNO3. The van der Waals surface area contributed by atoms with Crippen molar-refractivity contribution in [3.05, 3.63) is 29.3 Å². The summed E-state index contributed by atoms with van der Waals surface area (Å²) in [5.41, 5.74) is 0.718. The van der Waals surface area contributed by atoms with Crippen LogP contribution in [-0.2, 0) is 14.3 Å². The summed E-state index contributed by atoms with van der Waals surface area (Å²) in [6.45, 7) is 4.15. The molecule has 1 aliphatic rings. The first-order valence-electron chi connectivity index (χ1n) is 6.95. The lowest BCUT2D eigenvalue weighted by Crippen LogP contribution is -2.42. The van der Waals surface area contributed by atoms with Crippen LogP contribution in [0.3, 0.4) is 0 Å². The molecule has 3 unspecified atom stereocenters. The number of halogens is 1. The fourth-order valence-electron chi connectivity index (χ4n) is 2.36. The van der Waals surface area contributed by atoms with Gasteiger partial charge in [0.2, 0.25) is 0 Å². The predicted molar refractivity (Wildman–Crippen MR) is 79.1 cm³/mol. The third-order valence-electron chi connectivity index (χ3n) is 3.36. The van der Waals surface area contributed by atoms with Gasteiger partial charge < -0.3 is 14.8 Å². The fraction of sp³-hybridized carbons (Fsp3) is 0.533. The van der Waals surface area contributed by atoms with Crippen LogP contribution in [0.25, 0.3) is 0 Å². The normalized spacial score (nSPS) is 23.4. The standard InChI is InChI=1S/C15H20ClNO3/c1-3-19-15(18)14(13-9-8-10(2)20-13)17-12-7-5-4-6-11(12)16/h4-7,10,13-14,17H,3,8-9H2,1-2H3. The van der Waals surface area contributed by atoms with Crippen molar-refractivity contribution in [3.63, 3.8) is 0 Å². The lowest BCUT2D eigenvalue weighted by atomic mass is 10.1. The molecule has 4 nitrogen and oxygen atoms in total. The SMILES string of the molecule is CCOC(=O)C(Nc1ccccc1Cl)C1CCC(C)O1. The summed E-state index contributed by atoms with van der Waals surface area (Å²) in [5.74, 6) is -0.300. The summed E-state index contributed by atoms with van der Waals surface area (Å²) >= 11 is 6.13. The van der Waals surface area contributed by atoms with Gasteiger partial charge in [0, 0.05) is 0 Å². The zero-order valence-corrected chi connectivity index (χ0v) is 12.5. The van der Waals surface area contributed by atoms with Gasteiger partial charge in [-0.05, 0) is 38.8 Å². The Balaban J connectivity index is 2.14. The molecule has 110 valence electrons. The van der Waals surface area contributed by atoms with E-state index < -0.39 is 6.04 Å². The molecule has 1 N–H and O–H groups in total. The van der Waals surface area contributed by atoms with E-state index >= 15 is 0 Å². The molecule has 0 saturated carbocycles. The van der Waals surface area contributed by atoms with Gasteiger partial charge in [-0.15, -0.1) is 0 Å². The second-order valence-electron chi connectivity index (χ2n) is 4.92. The second kappa shape index (κ2) is 6.95. The average Bonchev–Trinajstić information content (AvgIpc) is 2.84. The third kappa shape index (κ3) is 3.64. The number of ether oxygens (including phenoxy) is 2. The Morgan fingerprint density at radius 1 is 1.50 bits per heavy atom. The van der Waals surface area contributed by atoms with Gasteiger partial charge in [0.15, 0.2) is 6.04 Å². The van der Waals surface area contributed by atoms with E-state index in [1.54, 1.807) is 13.0 Å². The Kier molecular flexibility index (Phi) is 5.26. The zero-order valence-electron chi connectivity index (χ0n) is 11.8. The number of benzene rings is 1. The largest absolute Gasteiger partial charge is 0.464 e. The number of rotatable bonds is 5. The van der Waals surface area contributed by atoms with Gasteiger partial charge in [0.1, 0.15) is 0 Å². The van der Waals surface area contributed by atoms with Gasteiger partial charge in [0.05, 0.1) is 29.5 Å². The Bertz CT molecular complexity index is 466. The molecule has 0 spiro atoms. The maximum atomic E-state index is 12.1. The van der Waals surface area contributed by atoms with Crippen molar-refractivity contribution in [1.82, 2.24) is 0 Å². The number of hydrogen-bond acceptors (Lipinski definition) is 4. The molecule has 5 heteroatoms. The molecular weight excluding hydrogens is 278 g/mol. The Morgan fingerprint density at radius 3 is 2.85 bits per heavy atom. The van der Waals surface area contributed by atoms with Crippen LogP contribution >= 0.6 is 11.6 Å².